The van der Waals surface area contributed by atoms with Crippen LogP contribution in [0.2, 0.25) is 0 Å². The van der Waals surface area contributed by atoms with Gasteiger partial charge in [0.2, 0.25) is 0 Å². The predicted molar refractivity (Wildman–Crippen MR) is 82.5 cm³/mol. The Morgan fingerprint density at radius 3 is 2.29 bits per heavy atom. The third kappa shape index (κ3) is 3.44. The minimum atomic E-state index is -4.38. The highest BCUT2D eigenvalue weighted by atomic mass is 19.4. The number of rotatable bonds is 3. The quantitative estimate of drug-likeness (QED) is 0.829. The van der Waals surface area contributed by atoms with E-state index in [-0.39, 0.29) is 0 Å². The minimum absolute atomic E-state index is 0.313. The number of aliphatic hydroxyl groups is 2. The van der Waals surface area contributed by atoms with Gasteiger partial charge >= 0.3 is 6.18 Å². The maximum atomic E-state index is 12.6. The van der Waals surface area contributed by atoms with Crippen molar-refractivity contribution < 1.29 is 28.1 Å². The Labute approximate surface area is 136 Å². The number of benzene rings is 2. The number of aliphatic hydroxyl groups excluding tert-OH is 1. The van der Waals surface area contributed by atoms with Gasteiger partial charge in [-0.3, -0.25) is 0 Å². The molecule has 2 aromatic carbocycles. The fraction of sp³-hybridized carbons (Fsp3) is 0.222. The molecule has 0 unspecified atom stereocenters. The van der Waals surface area contributed by atoms with Crippen molar-refractivity contribution in [3.05, 3.63) is 64.7 Å². The Morgan fingerprint density at radius 2 is 1.67 bits per heavy atom. The second-order valence-electron chi connectivity index (χ2n) is 5.54. The molecule has 6 heteroatoms. The van der Waals surface area contributed by atoms with E-state index in [1.807, 2.05) is 6.07 Å². The van der Waals surface area contributed by atoms with Crippen LogP contribution in [0.3, 0.4) is 0 Å². The first-order valence-corrected chi connectivity index (χ1v) is 7.38. The highest BCUT2D eigenvalue weighted by Crippen LogP contribution is 2.35. The van der Waals surface area contributed by atoms with Crippen molar-refractivity contribution in [3.8, 4) is 11.5 Å². The summed E-state index contributed by atoms with van der Waals surface area (Å²) >= 11 is 0. The van der Waals surface area contributed by atoms with Gasteiger partial charge in [-0.25, -0.2) is 0 Å². The Kier molecular flexibility index (Phi) is 4.34. The molecule has 2 N–H and O–H groups in total. The van der Waals surface area contributed by atoms with E-state index in [1.165, 1.54) is 12.1 Å². The minimum Gasteiger partial charge on any atom is -0.457 e. The van der Waals surface area contributed by atoms with Gasteiger partial charge in [0, 0.05) is 5.56 Å². The number of hydrogen-bond acceptors (Lipinski definition) is 3. The second kappa shape index (κ2) is 6.30. The molecule has 0 heterocycles. The standard InChI is InChI=1S/C18H15F3O3/c19-18(20,21)13-5-7-14(8-6-13)24-16-3-1-2-11-10-12(17(22)23)4-9-15(11)16/h1-3,5-8,10,17,22-23H,4,9H2. The SMILES string of the molecule is OC(O)C1=Cc2cccc(Oc3ccc(C(F)(F)F)cc3)c2CC1. The highest BCUT2D eigenvalue weighted by molar-refractivity contribution is 5.63. The van der Waals surface area contributed by atoms with Crippen LogP contribution in [0.4, 0.5) is 13.2 Å². The smallest absolute Gasteiger partial charge is 0.416 e. The molecule has 0 radical (unpaired) electrons. The lowest BCUT2D eigenvalue weighted by Gasteiger charge is -2.20. The first kappa shape index (κ1) is 16.5. The van der Waals surface area contributed by atoms with Gasteiger partial charge in [0.05, 0.1) is 5.56 Å². The first-order valence-electron chi connectivity index (χ1n) is 7.38. The number of alkyl halides is 3. The van der Waals surface area contributed by atoms with Gasteiger partial charge in [0.25, 0.3) is 0 Å². The molecule has 0 saturated heterocycles. The van der Waals surface area contributed by atoms with Gasteiger partial charge in [-0.15, -0.1) is 0 Å². The number of halogens is 3. The summed E-state index contributed by atoms with van der Waals surface area (Å²) in [6.45, 7) is 0. The summed E-state index contributed by atoms with van der Waals surface area (Å²) in [6, 6.07) is 9.84. The highest BCUT2D eigenvalue weighted by Gasteiger charge is 2.30. The lowest BCUT2D eigenvalue weighted by Crippen LogP contribution is -2.13. The maximum Gasteiger partial charge on any atom is 0.416 e. The van der Waals surface area contributed by atoms with E-state index in [0.717, 1.165) is 23.3 Å². The van der Waals surface area contributed by atoms with Crippen molar-refractivity contribution in [2.75, 3.05) is 0 Å². The Balaban J connectivity index is 1.86. The zero-order valence-electron chi connectivity index (χ0n) is 12.5. The first-order chi connectivity index (χ1) is 11.3. The molecule has 0 bridgehead atoms. The summed E-state index contributed by atoms with van der Waals surface area (Å²) in [5.74, 6) is 0.864. The number of ether oxygens (including phenoxy) is 1. The molecular formula is C18H15F3O3. The lowest BCUT2D eigenvalue weighted by molar-refractivity contribution is -0.137. The normalized spacial score (nSPS) is 14.3. The van der Waals surface area contributed by atoms with Gasteiger partial charge in [-0.2, -0.15) is 13.2 Å². The molecular weight excluding hydrogens is 321 g/mol. The fourth-order valence-electron chi connectivity index (χ4n) is 2.66. The molecule has 0 saturated carbocycles. The van der Waals surface area contributed by atoms with Crippen LogP contribution in [0.25, 0.3) is 6.08 Å². The van der Waals surface area contributed by atoms with Gasteiger partial charge in [-0.05, 0) is 54.3 Å². The van der Waals surface area contributed by atoms with Crippen LogP contribution in [0.15, 0.2) is 48.0 Å². The lowest BCUT2D eigenvalue weighted by atomic mass is 9.91. The van der Waals surface area contributed by atoms with E-state index in [9.17, 15) is 23.4 Å². The molecule has 3 rings (SSSR count). The molecule has 1 aliphatic rings. The molecule has 126 valence electrons. The average molecular weight is 336 g/mol. The van der Waals surface area contributed by atoms with Crippen molar-refractivity contribution in [1.29, 1.82) is 0 Å². The van der Waals surface area contributed by atoms with E-state index >= 15 is 0 Å². The summed E-state index contributed by atoms with van der Waals surface area (Å²) in [6.07, 6.45) is -3.12. The summed E-state index contributed by atoms with van der Waals surface area (Å²) in [5, 5.41) is 18.5. The van der Waals surface area contributed by atoms with E-state index in [0.29, 0.717) is 29.9 Å². The van der Waals surface area contributed by atoms with Crippen LogP contribution in [0.5, 0.6) is 11.5 Å². The van der Waals surface area contributed by atoms with Gasteiger partial charge in [-0.1, -0.05) is 18.2 Å². The summed E-state index contributed by atoms with van der Waals surface area (Å²) in [5.41, 5.74) is 1.50. The molecule has 0 fully saturated rings. The zero-order chi connectivity index (χ0) is 17.3. The van der Waals surface area contributed by atoms with E-state index in [1.54, 1.807) is 18.2 Å². The molecule has 0 aliphatic heterocycles. The van der Waals surface area contributed by atoms with Gasteiger partial charge in [0.15, 0.2) is 6.29 Å². The Bertz CT molecular complexity index is 762. The molecule has 0 spiro atoms. The molecule has 2 aromatic rings. The zero-order valence-corrected chi connectivity index (χ0v) is 12.5. The third-order valence-electron chi connectivity index (χ3n) is 3.91. The Hall–Kier alpha value is -2.31. The molecule has 1 aliphatic carbocycles. The topological polar surface area (TPSA) is 49.7 Å². The molecule has 0 atom stereocenters. The molecule has 24 heavy (non-hydrogen) atoms. The summed E-state index contributed by atoms with van der Waals surface area (Å²) < 4.78 is 43.5. The van der Waals surface area contributed by atoms with Crippen molar-refractivity contribution in [1.82, 2.24) is 0 Å². The molecule has 0 amide bonds. The van der Waals surface area contributed by atoms with Crippen LogP contribution in [-0.4, -0.2) is 16.5 Å². The van der Waals surface area contributed by atoms with Crippen LogP contribution >= 0.6 is 0 Å². The van der Waals surface area contributed by atoms with Crippen molar-refractivity contribution in [2.24, 2.45) is 0 Å². The van der Waals surface area contributed by atoms with Crippen molar-refractivity contribution >= 4 is 6.08 Å². The molecule has 3 nitrogen and oxygen atoms in total. The number of fused-ring (bicyclic) bond motifs is 1. The van der Waals surface area contributed by atoms with Crippen molar-refractivity contribution in [2.45, 2.75) is 25.3 Å². The van der Waals surface area contributed by atoms with E-state index in [4.69, 9.17) is 4.74 Å². The fourth-order valence-corrected chi connectivity index (χ4v) is 2.66. The summed E-state index contributed by atoms with van der Waals surface area (Å²) in [7, 11) is 0. The summed E-state index contributed by atoms with van der Waals surface area (Å²) in [4.78, 5) is 0. The maximum absolute atomic E-state index is 12.6. The monoisotopic (exact) mass is 336 g/mol. The second-order valence-corrected chi connectivity index (χ2v) is 5.54. The predicted octanol–water partition coefficient (Wildman–Crippen LogP) is 4.14. The van der Waals surface area contributed by atoms with Gasteiger partial charge < -0.3 is 14.9 Å². The largest absolute Gasteiger partial charge is 0.457 e. The van der Waals surface area contributed by atoms with E-state index < -0.39 is 18.0 Å². The number of hydrogen-bond donors (Lipinski definition) is 2. The van der Waals surface area contributed by atoms with Crippen LogP contribution in [-0.2, 0) is 12.6 Å². The molecule has 0 aromatic heterocycles. The van der Waals surface area contributed by atoms with Crippen LogP contribution in [0, 0.1) is 0 Å². The van der Waals surface area contributed by atoms with E-state index in [2.05, 4.69) is 0 Å². The Morgan fingerprint density at radius 1 is 0.958 bits per heavy atom. The van der Waals surface area contributed by atoms with Gasteiger partial charge in [0.1, 0.15) is 11.5 Å². The third-order valence-corrected chi connectivity index (χ3v) is 3.91. The van der Waals surface area contributed by atoms with Crippen LogP contribution in [0.1, 0.15) is 23.1 Å². The average Bonchev–Trinajstić information content (AvgIpc) is 2.54. The van der Waals surface area contributed by atoms with Crippen molar-refractivity contribution in [3.63, 3.8) is 0 Å². The van der Waals surface area contributed by atoms with Crippen LogP contribution < -0.4 is 4.74 Å².